The Morgan fingerprint density at radius 1 is 1.12 bits per heavy atom. The van der Waals surface area contributed by atoms with Crippen LogP contribution in [0.25, 0.3) is 0 Å². The Morgan fingerprint density at radius 3 is 2.41 bits per heavy atom. The van der Waals surface area contributed by atoms with E-state index in [1.165, 1.54) is 18.9 Å². The molecule has 0 spiro atoms. The van der Waals surface area contributed by atoms with Crippen LogP contribution in [0.1, 0.15) is 42.1 Å². The molecule has 2 aromatic carbocycles. The number of carbonyl (C=O) groups excluding carboxylic acids is 1. The van der Waals surface area contributed by atoms with Gasteiger partial charge in [0.1, 0.15) is 5.82 Å². The van der Waals surface area contributed by atoms with Crippen LogP contribution in [-0.4, -0.2) is 51.7 Å². The van der Waals surface area contributed by atoms with Crippen LogP contribution >= 0.6 is 0 Å². The van der Waals surface area contributed by atoms with Crippen LogP contribution in [0.4, 0.5) is 10.1 Å². The van der Waals surface area contributed by atoms with Crippen molar-refractivity contribution in [3.8, 4) is 0 Å². The summed E-state index contributed by atoms with van der Waals surface area (Å²) in [4.78, 5) is 14.9. The minimum Gasteiger partial charge on any atom is -0.352 e. The number of hydrogen-bond donors (Lipinski definition) is 1. The summed E-state index contributed by atoms with van der Waals surface area (Å²) in [6, 6.07) is 12.4. The smallest absolute Gasteiger partial charge is 0.251 e. The number of nitrogens with one attached hydrogen (secondary N) is 1. The van der Waals surface area contributed by atoms with E-state index < -0.39 is 15.8 Å². The number of piperidine rings is 1. The average molecular weight is 462 g/mol. The molecule has 174 valence electrons. The Bertz CT molecular complexity index is 1000. The first-order chi connectivity index (χ1) is 15.2. The highest BCUT2D eigenvalue weighted by atomic mass is 32.2. The van der Waals surface area contributed by atoms with E-state index in [4.69, 9.17) is 0 Å². The van der Waals surface area contributed by atoms with Crippen LogP contribution in [0.2, 0.25) is 0 Å². The van der Waals surface area contributed by atoms with Gasteiger partial charge in [0, 0.05) is 17.7 Å². The minimum atomic E-state index is -3.64. The van der Waals surface area contributed by atoms with Gasteiger partial charge in [-0.1, -0.05) is 25.1 Å². The molecular weight excluding hydrogens is 429 g/mol. The van der Waals surface area contributed by atoms with Crippen molar-refractivity contribution in [2.24, 2.45) is 5.92 Å². The van der Waals surface area contributed by atoms with Crippen LogP contribution in [-0.2, 0) is 16.6 Å². The van der Waals surface area contributed by atoms with E-state index >= 15 is 0 Å². The zero-order valence-electron chi connectivity index (χ0n) is 18.8. The van der Waals surface area contributed by atoms with Gasteiger partial charge in [0.25, 0.3) is 5.91 Å². The highest BCUT2D eigenvalue weighted by Crippen LogP contribution is 2.22. The van der Waals surface area contributed by atoms with Crippen LogP contribution in [0.15, 0.2) is 48.5 Å². The molecule has 0 aromatic heterocycles. The summed E-state index contributed by atoms with van der Waals surface area (Å²) in [5.41, 5.74) is 1.12. The Kier molecular flexibility index (Phi) is 8.26. The quantitative estimate of drug-likeness (QED) is 0.579. The molecule has 1 N–H and O–H groups in total. The number of likely N-dealkylation sites (tertiary alicyclic amines) is 1. The normalized spacial score (nSPS) is 15.5. The topological polar surface area (TPSA) is 69.7 Å². The lowest BCUT2D eigenvalue weighted by Crippen LogP contribution is -2.35. The largest absolute Gasteiger partial charge is 0.352 e. The lowest BCUT2D eigenvalue weighted by molar-refractivity contribution is 0.0950. The molecule has 0 unspecified atom stereocenters. The molecule has 0 aliphatic carbocycles. The van der Waals surface area contributed by atoms with Gasteiger partial charge in [0.15, 0.2) is 0 Å². The lowest BCUT2D eigenvalue weighted by Gasteiger charge is -2.30. The van der Waals surface area contributed by atoms with Crippen molar-refractivity contribution >= 4 is 21.6 Å². The zero-order valence-corrected chi connectivity index (χ0v) is 19.6. The average Bonchev–Trinajstić information content (AvgIpc) is 2.76. The molecule has 1 saturated heterocycles. The van der Waals surface area contributed by atoms with Crippen LogP contribution in [0, 0.1) is 11.7 Å². The first-order valence-electron chi connectivity index (χ1n) is 11.1. The van der Waals surface area contributed by atoms with Gasteiger partial charge in [-0.3, -0.25) is 9.10 Å². The summed E-state index contributed by atoms with van der Waals surface area (Å²) < 4.78 is 39.8. The van der Waals surface area contributed by atoms with Gasteiger partial charge in [-0.15, -0.1) is 0 Å². The van der Waals surface area contributed by atoms with Crippen molar-refractivity contribution in [3.63, 3.8) is 0 Å². The molecule has 6 nitrogen and oxygen atoms in total. The number of benzene rings is 2. The molecule has 2 aromatic rings. The van der Waals surface area contributed by atoms with E-state index in [0.29, 0.717) is 17.8 Å². The number of carbonyl (C=O) groups is 1. The number of nitrogens with zero attached hydrogens (tertiary/aromatic N) is 2. The molecule has 0 radical (unpaired) electrons. The molecule has 1 heterocycles. The molecular formula is C24H32FN3O3S. The van der Waals surface area contributed by atoms with Crippen LogP contribution < -0.4 is 9.62 Å². The summed E-state index contributed by atoms with van der Waals surface area (Å²) in [7, 11) is -3.64. The van der Waals surface area contributed by atoms with E-state index in [1.54, 1.807) is 42.5 Å². The Morgan fingerprint density at radius 2 is 1.78 bits per heavy atom. The van der Waals surface area contributed by atoms with E-state index in [2.05, 4.69) is 17.1 Å². The number of anilines is 1. The van der Waals surface area contributed by atoms with Crippen molar-refractivity contribution in [1.82, 2.24) is 10.2 Å². The van der Waals surface area contributed by atoms with Gasteiger partial charge in [0.2, 0.25) is 10.0 Å². The number of amides is 1. The first-order valence-corrected chi connectivity index (χ1v) is 12.9. The third-order valence-electron chi connectivity index (χ3n) is 5.90. The molecule has 1 aliphatic heterocycles. The number of rotatable bonds is 9. The molecule has 1 aliphatic rings. The van der Waals surface area contributed by atoms with Crippen LogP contribution in [0.3, 0.4) is 0 Å². The summed E-state index contributed by atoms with van der Waals surface area (Å²) >= 11 is 0. The van der Waals surface area contributed by atoms with Gasteiger partial charge in [-0.05, 0) is 75.1 Å². The molecule has 1 fully saturated rings. The van der Waals surface area contributed by atoms with E-state index in [0.717, 1.165) is 42.5 Å². The highest BCUT2D eigenvalue weighted by molar-refractivity contribution is 7.92. The second-order valence-corrected chi connectivity index (χ2v) is 10.4. The predicted octanol–water partition coefficient (Wildman–Crippen LogP) is 3.64. The van der Waals surface area contributed by atoms with Crippen molar-refractivity contribution in [2.75, 3.05) is 36.7 Å². The van der Waals surface area contributed by atoms with Crippen molar-refractivity contribution in [2.45, 2.75) is 32.7 Å². The standard InChI is InChI=1S/C24H32FN3O3S/c1-19-12-16-27(17-13-19)15-5-14-26-24(29)20-8-10-22(11-9-20)28(32(2,30)31)18-21-6-3-4-7-23(21)25/h3-4,6-11,19H,5,12-18H2,1-2H3,(H,26,29). The van der Waals surface area contributed by atoms with Crippen molar-refractivity contribution in [1.29, 1.82) is 0 Å². The fourth-order valence-electron chi connectivity index (χ4n) is 3.85. The van der Waals surface area contributed by atoms with Crippen molar-refractivity contribution in [3.05, 3.63) is 65.5 Å². The molecule has 3 rings (SSSR count). The molecule has 0 atom stereocenters. The van der Waals surface area contributed by atoms with Gasteiger partial charge in [-0.25, -0.2) is 12.8 Å². The zero-order chi connectivity index (χ0) is 23.1. The maximum Gasteiger partial charge on any atom is 0.251 e. The van der Waals surface area contributed by atoms with Crippen LogP contribution in [0.5, 0.6) is 0 Å². The van der Waals surface area contributed by atoms with E-state index in [9.17, 15) is 17.6 Å². The molecule has 0 bridgehead atoms. The van der Waals surface area contributed by atoms with Crippen molar-refractivity contribution < 1.29 is 17.6 Å². The fraction of sp³-hybridized carbons (Fsp3) is 0.458. The van der Waals surface area contributed by atoms with Gasteiger partial charge >= 0.3 is 0 Å². The van der Waals surface area contributed by atoms with Gasteiger partial charge in [-0.2, -0.15) is 0 Å². The maximum absolute atomic E-state index is 14.0. The Hall–Kier alpha value is -2.45. The summed E-state index contributed by atoms with van der Waals surface area (Å²) in [5.74, 6) is 0.152. The SMILES string of the molecule is CC1CCN(CCCNC(=O)c2ccc(N(Cc3ccccc3F)S(C)(=O)=O)cc2)CC1. The summed E-state index contributed by atoms with van der Waals surface area (Å²) in [6.45, 7) is 5.99. The lowest BCUT2D eigenvalue weighted by atomic mass is 9.99. The molecule has 0 saturated carbocycles. The van der Waals surface area contributed by atoms with Gasteiger partial charge < -0.3 is 10.2 Å². The molecule has 32 heavy (non-hydrogen) atoms. The summed E-state index contributed by atoms with van der Waals surface area (Å²) in [5, 5.41) is 2.93. The minimum absolute atomic E-state index is 0.119. The first kappa shape index (κ1) is 24.2. The van der Waals surface area contributed by atoms with Gasteiger partial charge in [0.05, 0.1) is 18.5 Å². The number of sulfonamides is 1. The Labute approximate surface area is 190 Å². The second kappa shape index (κ2) is 10.9. The van der Waals surface area contributed by atoms with E-state index in [-0.39, 0.29) is 18.0 Å². The predicted molar refractivity (Wildman–Crippen MR) is 126 cm³/mol. The molecule has 1 amide bonds. The fourth-order valence-corrected chi connectivity index (χ4v) is 4.73. The number of halogens is 1. The second-order valence-electron chi connectivity index (χ2n) is 8.54. The third-order valence-corrected chi connectivity index (χ3v) is 7.04. The molecule has 8 heteroatoms. The summed E-state index contributed by atoms with van der Waals surface area (Å²) in [6.07, 6.45) is 4.44. The monoisotopic (exact) mass is 461 g/mol. The third kappa shape index (κ3) is 6.77. The Balaban J connectivity index is 1.56. The highest BCUT2D eigenvalue weighted by Gasteiger charge is 2.20. The maximum atomic E-state index is 14.0. The number of hydrogen-bond acceptors (Lipinski definition) is 4. The van der Waals surface area contributed by atoms with E-state index in [1.807, 2.05) is 0 Å².